The molecule has 3 heteroatoms. The quantitative estimate of drug-likeness (QED) is 0.629. The Kier molecular flexibility index (Phi) is 4.58. The standard InChI is InChI=1S/C9H20N2O/c1-2-3-9(8-12)11-6-4-10-5-7-11/h9-10,12H,2-8H2,1H3. The summed E-state index contributed by atoms with van der Waals surface area (Å²) in [5.41, 5.74) is 0. The molecule has 0 aromatic carbocycles. The van der Waals surface area contributed by atoms with Crippen molar-refractivity contribution in [3.05, 3.63) is 0 Å². The van der Waals surface area contributed by atoms with Gasteiger partial charge in [-0.05, 0) is 6.42 Å². The van der Waals surface area contributed by atoms with Gasteiger partial charge >= 0.3 is 0 Å². The van der Waals surface area contributed by atoms with E-state index in [1.165, 1.54) is 0 Å². The molecule has 0 radical (unpaired) electrons. The maximum Gasteiger partial charge on any atom is 0.0586 e. The lowest BCUT2D eigenvalue weighted by atomic mass is 10.1. The highest BCUT2D eigenvalue weighted by Crippen LogP contribution is 2.06. The first-order valence-corrected chi connectivity index (χ1v) is 4.94. The fourth-order valence-electron chi connectivity index (χ4n) is 1.77. The minimum Gasteiger partial charge on any atom is -0.395 e. The van der Waals surface area contributed by atoms with E-state index in [0.29, 0.717) is 12.6 Å². The zero-order valence-electron chi connectivity index (χ0n) is 7.92. The van der Waals surface area contributed by atoms with Crippen molar-refractivity contribution >= 4 is 0 Å². The first-order chi connectivity index (χ1) is 5.88. The number of piperazine rings is 1. The second-order valence-corrected chi connectivity index (χ2v) is 3.41. The second kappa shape index (κ2) is 5.51. The van der Waals surface area contributed by atoms with E-state index in [1.54, 1.807) is 0 Å². The van der Waals surface area contributed by atoms with Crippen molar-refractivity contribution in [1.82, 2.24) is 10.2 Å². The van der Waals surface area contributed by atoms with E-state index in [1.807, 2.05) is 0 Å². The molecule has 0 saturated carbocycles. The Bertz CT molecular complexity index is 110. The van der Waals surface area contributed by atoms with Crippen molar-refractivity contribution < 1.29 is 5.11 Å². The smallest absolute Gasteiger partial charge is 0.0586 e. The maximum atomic E-state index is 9.15. The van der Waals surface area contributed by atoms with Crippen molar-refractivity contribution in [3.8, 4) is 0 Å². The Balaban J connectivity index is 2.29. The summed E-state index contributed by atoms with van der Waals surface area (Å²) in [6.45, 7) is 6.80. The normalized spacial score (nSPS) is 22.5. The van der Waals surface area contributed by atoms with E-state index in [0.717, 1.165) is 39.0 Å². The van der Waals surface area contributed by atoms with Crippen LogP contribution in [0.15, 0.2) is 0 Å². The van der Waals surface area contributed by atoms with Gasteiger partial charge in [0.1, 0.15) is 0 Å². The summed E-state index contributed by atoms with van der Waals surface area (Å²) in [5, 5.41) is 12.5. The molecule has 1 rings (SSSR count). The van der Waals surface area contributed by atoms with Gasteiger partial charge in [-0.2, -0.15) is 0 Å². The topological polar surface area (TPSA) is 35.5 Å². The summed E-state index contributed by atoms with van der Waals surface area (Å²) in [6.07, 6.45) is 2.28. The number of aliphatic hydroxyl groups excluding tert-OH is 1. The number of rotatable bonds is 4. The number of hydrogen-bond acceptors (Lipinski definition) is 3. The third-order valence-electron chi connectivity index (χ3n) is 2.50. The van der Waals surface area contributed by atoms with Crippen LogP contribution in [0.1, 0.15) is 19.8 Å². The Morgan fingerprint density at radius 2 is 2.08 bits per heavy atom. The molecule has 0 aromatic rings. The van der Waals surface area contributed by atoms with Gasteiger partial charge in [0.2, 0.25) is 0 Å². The van der Waals surface area contributed by atoms with Crippen molar-refractivity contribution in [2.45, 2.75) is 25.8 Å². The van der Waals surface area contributed by atoms with E-state index in [9.17, 15) is 0 Å². The summed E-state index contributed by atoms with van der Waals surface area (Å²) < 4.78 is 0. The molecular weight excluding hydrogens is 152 g/mol. The Morgan fingerprint density at radius 3 is 2.58 bits per heavy atom. The molecule has 3 nitrogen and oxygen atoms in total. The van der Waals surface area contributed by atoms with Crippen LogP contribution in [0.25, 0.3) is 0 Å². The van der Waals surface area contributed by atoms with E-state index in [2.05, 4.69) is 17.1 Å². The SMILES string of the molecule is CCCC(CO)N1CCNCC1. The maximum absolute atomic E-state index is 9.15. The van der Waals surface area contributed by atoms with Gasteiger partial charge < -0.3 is 10.4 Å². The predicted molar refractivity (Wildman–Crippen MR) is 50.2 cm³/mol. The van der Waals surface area contributed by atoms with E-state index in [-0.39, 0.29) is 0 Å². The van der Waals surface area contributed by atoms with Crippen LogP contribution < -0.4 is 5.32 Å². The van der Waals surface area contributed by atoms with Crippen LogP contribution in [0.3, 0.4) is 0 Å². The summed E-state index contributed by atoms with van der Waals surface area (Å²) >= 11 is 0. The summed E-state index contributed by atoms with van der Waals surface area (Å²) in [7, 11) is 0. The van der Waals surface area contributed by atoms with Crippen LogP contribution in [-0.2, 0) is 0 Å². The third-order valence-corrected chi connectivity index (χ3v) is 2.50. The first-order valence-electron chi connectivity index (χ1n) is 4.94. The lowest BCUT2D eigenvalue weighted by Crippen LogP contribution is -2.49. The molecule has 72 valence electrons. The van der Waals surface area contributed by atoms with Crippen LogP contribution in [0.4, 0.5) is 0 Å². The highest BCUT2D eigenvalue weighted by molar-refractivity contribution is 4.75. The average molecular weight is 172 g/mol. The Hall–Kier alpha value is -0.120. The molecule has 0 bridgehead atoms. The van der Waals surface area contributed by atoms with Gasteiger partial charge in [-0.15, -0.1) is 0 Å². The minimum atomic E-state index is 0.313. The van der Waals surface area contributed by atoms with Crippen molar-refractivity contribution in [1.29, 1.82) is 0 Å². The molecule has 1 aliphatic heterocycles. The molecule has 2 N–H and O–H groups in total. The predicted octanol–water partition coefficient (Wildman–Crippen LogP) is 0.0526. The zero-order chi connectivity index (χ0) is 8.81. The molecule has 0 spiro atoms. The van der Waals surface area contributed by atoms with Gasteiger partial charge in [0, 0.05) is 32.2 Å². The molecule has 0 aliphatic carbocycles. The molecule has 1 saturated heterocycles. The molecule has 1 aliphatic rings. The van der Waals surface area contributed by atoms with Crippen molar-refractivity contribution in [2.24, 2.45) is 0 Å². The number of nitrogens with zero attached hydrogens (tertiary/aromatic N) is 1. The van der Waals surface area contributed by atoms with Crippen molar-refractivity contribution in [2.75, 3.05) is 32.8 Å². The summed E-state index contributed by atoms with van der Waals surface area (Å²) in [5.74, 6) is 0. The highest BCUT2D eigenvalue weighted by atomic mass is 16.3. The summed E-state index contributed by atoms with van der Waals surface area (Å²) in [4.78, 5) is 2.39. The monoisotopic (exact) mass is 172 g/mol. The number of nitrogens with one attached hydrogen (secondary N) is 1. The van der Waals surface area contributed by atoms with Crippen molar-refractivity contribution in [3.63, 3.8) is 0 Å². The largest absolute Gasteiger partial charge is 0.395 e. The molecule has 1 unspecified atom stereocenters. The lowest BCUT2D eigenvalue weighted by molar-refractivity contribution is 0.104. The van der Waals surface area contributed by atoms with Gasteiger partial charge in [0.15, 0.2) is 0 Å². The molecule has 1 heterocycles. The van der Waals surface area contributed by atoms with Crippen LogP contribution in [0.2, 0.25) is 0 Å². The molecule has 1 fully saturated rings. The first kappa shape index (κ1) is 9.96. The van der Waals surface area contributed by atoms with Gasteiger partial charge in [-0.1, -0.05) is 13.3 Å². The lowest BCUT2D eigenvalue weighted by Gasteiger charge is -2.33. The molecule has 12 heavy (non-hydrogen) atoms. The van der Waals surface area contributed by atoms with Crippen LogP contribution in [0.5, 0.6) is 0 Å². The van der Waals surface area contributed by atoms with Gasteiger partial charge in [-0.3, -0.25) is 4.90 Å². The van der Waals surface area contributed by atoms with Gasteiger partial charge in [0.05, 0.1) is 6.61 Å². The molecule has 0 amide bonds. The fraction of sp³-hybridized carbons (Fsp3) is 1.00. The Labute approximate surface area is 74.8 Å². The molecule has 1 atom stereocenters. The third kappa shape index (κ3) is 2.73. The second-order valence-electron chi connectivity index (χ2n) is 3.41. The van der Waals surface area contributed by atoms with Gasteiger partial charge in [-0.25, -0.2) is 0 Å². The fourth-order valence-corrected chi connectivity index (χ4v) is 1.77. The highest BCUT2D eigenvalue weighted by Gasteiger charge is 2.18. The van der Waals surface area contributed by atoms with Gasteiger partial charge in [0.25, 0.3) is 0 Å². The van der Waals surface area contributed by atoms with Crippen LogP contribution in [-0.4, -0.2) is 48.8 Å². The van der Waals surface area contributed by atoms with E-state index < -0.39 is 0 Å². The average Bonchev–Trinajstić information content (AvgIpc) is 2.15. The van der Waals surface area contributed by atoms with Crippen LogP contribution in [0, 0.1) is 0 Å². The van der Waals surface area contributed by atoms with E-state index >= 15 is 0 Å². The van der Waals surface area contributed by atoms with Crippen LogP contribution >= 0.6 is 0 Å². The summed E-state index contributed by atoms with van der Waals surface area (Å²) in [6, 6.07) is 0.400. The van der Waals surface area contributed by atoms with E-state index in [4.69, 9.17) is 5.11 Å². The zero-order valence-corrected chi connectivity index (χ0v) is 7.92. The number of hydrogen-bond donors (Lipinski definition) is 2. The molecular formula is C9H20N2O. The molecule has 0 aromatic heterocycles. The minimum absolute atomic E-state index is 0.313. The number of aliphatic hydroxyl groups is 1. The Morgan fingerprint density at radius 1 is 1.42 bits per heavy atom.